The van der Waals surface area contributed by atoms with Gasteiger partial charge in [-0.1, -0.05) is 19.1 Å². The largest absolute Gasteiger partial charge is 0.376 e. The van der Waals surface area contributed by atoms with Gasteiger partial charge in [-0.15, -0.1) is 0 Å². The van der Waals surface area contributed by atoms with E-state index in [9.17, 15) is 9.59 Å². The molecule has 0 spiro atoms. The van der Waals surface area contributed by atoms with Crippen LogP contribution in [0.25, 0.3) is 0 Å². The van der Waals surface area contributed by atoms with Crippen molar-refractivity contribution in [2.24, 2.45) is 0 Å². The molecule has 1 saturated heterocycles. The molecular weight excluding hydrogens is 428 g/mol. The summed E-state index contributed by atoms with van der Waals surface area (Å²) in [4.78, 5) is 27.7. The highest BCUT2D eigenvalue weighted by Gasteiger charge is 2.30. The number of rotatable bonds is 9. The Hall–Kier alpha value is -1.05. The van der Waals surface area contributed by atoms with Crippen molar-refractivity contribution in [1.29, 1.82) is 0 Å². The lowest BCUT2D eigenvalue weighted by atomic mass is 10.1. The minimum atomic E-state index is -0.512. The van der Waals surface area contributed by atoms with Crippen LogP contribution in [0, 0.1) is 0 Å². The Morgan fingerprint density at radius 2 is 2.19 bits per heavy atom. The quantitative estimate of drug-likeness (QED) is 0.614. The molecule has 1 heterocycles. The maximum Gasteiger partial charge on any atom is 0.253 e. The number of hydrogen-bond donors (Lipinski definition) is 1. The molecule has 5 nitrogen and oxygen atoms in total. The Labute approximate surface area is 174 Å². The van der Waals surface area contributed by atoms with Crippen LogP contribution in [0.15, 0.2) is 28.7 Å². The van der Waals surface area contributed by atoms with Gasteiger partial charge in [-0.3, -0.25) is 9.59 Å². The summed E-state index contributed by atoms with van der Waals surface area (Å²) in [6.07, 6.45) is 5.63. The third-order valence-electron chi connectivity index (χ3n) is 4.58. The molecule has 1 aromatic carbocycles. The topological polar surface area (TPSA) is 58.6 Å². The van der Waals surface area contributed by atoms with Gasteiger partial charge >= 0.3 is 0 Å². The van der Waals surface area contributed by atoms with Crippen molar-refractivity contribution in [2.75, 3.05) is 31.7 Å². The van der Waals surface area contributed by atoms with E-state index in [4.69, 9.17) is 4.74 Å². The van der Waals surface area contributed by atoms with Crippen LogP contribution in [0.4, 0.5) is 0 Å². The molecule has 150 valence electrons. The summed E-state index contributed by atoms with van der Waals surface area (Å²) in [5.74, 6) is 0.586. The Bertz CT molecular complexity index is 629. The maximum absolute atomic E-state index is 13.1. The zero-order chi connectivity index (χ0) is 19.6. The van der Waals surface area contributed by atoms with E-state index in [-0.39, 0.29) is 17.9 Å². The molecule has 2 rings (SSSR count). The number of piperidine rings is 1. The second kappa shape index (κ2) is 11.7. The third-order valence-corrected chi connectivity index (χ3v) is 5.92. The molecule has 0 saturated carbocycles. The highest BCUT2D eigenvalue weighted by Crippen LogP contribution is 2.18. The van der Waals surface area contributed by atoms with E-state index in [1.54, 1.807) is 17.8 Å². The molecule has 2 unspecified atom stereocenters. The smallest absolute Gasteiger partial charge is 0.253 e. The standard InChI is InChI=1S/C20H29BrN2O3S/c1-3-12-26-15-7-6-11-23(14-15)20(25)18(10-13-27-2)22-19(24)16-8-4-5-9-17(16)21/h4-5,8-9,15,18H,3,6-7,10-14H2,1-2H3,(H,22,24). The van der Waals surface area contributed by atoms with E-state index in [1.807, 2.05) is 29.4 Å². The Morgan fingerprint density at radius 1 is 1.41 bits per heavy atom. The monoisotopic (exact) mass is 456 g/mol. The summed E-state index contributed by atoms with van der Waals surface area (Å²) in [6, 6.07) is 6.75. The fourth-order valence-electron chi connectivity index (χ4n) is 3.15. The predicted molar refractivity (Wildman–Crippen MR) is 114 cm³/mol. The second-order valence-corrected chi connectivity index (χ2v) is 8.55. The number of carbonyl (C=O) groups excluding carboxylic acids is 2. The van der Waals surface area contributed by atoms with Crippen LogP contribution >= 0.6 is 27.7 Å². The fraction of sp³-hybridized carbons (Fsp3) is 0.600. The number of hydrogen-bond acceptors (Lipinski definition) is 4. The highest BCUT2D eigenvalue weighted by molar-refractivity contribution is 9.10. The summed E-state index contributed by atoms with van der Waals surface area (Å²) >= 11 is 5.08. The number of amides is 2. The van der Waals surface area contributed by atoms with Crippen molar-refractivity contribution in [1.82, 2.24) is 10.2 Å². The first-order valence-corrected chi connectivity index (χ1v) is 11.7. The van der Waals surface area contributed by atoms with Crippen LogP contribution in [-0.2, 0) is 9.53 Å². The summed E-state index contributed by atoms with van der Waals surface area (Å²) in [6.45, 7) is 4.15. The summed E-state index contributed by atoms with van der Waals surface area (Å²) in [5, 5.41) is 2.95. The van der Waals surface area contributed by atoms with Gasteiger partial charge in [0.2, 0.25) is 5.91 Å². The average Bonchev–Trinajstić information content (AvgIpc) is 2.69. The second-order valence-electron chi connectivity index (χ2n) is 6.71. The summed E-state index contributed by atoms with van der Waals surface area (Å²) in [7, 11) is 0. The van der Waals surface area contributed by atoms with Gasteiger partial charge in [0.25, 0.3) is 5.91 Å². The normalized spacial score (nSPS) is 18.2. The van der Waals surface area contributed by atoms with Gasteiger partial charge in [0.05, 0.1) is 11.7 Å². The number of nitrogens with one attached hydrogen (secondary N) is 1. The molecular formula is C20H29BrN2O3S. The van der Waals surface area contributed by atoms with E-state index in [2.05, 4.69) is 28.2 Å². The van der Waals surface area contributed by atoms with E-state index in [0.29, 0.717) is 18.5 Å². The van der Waals surface area contributed by atoms with Gasteiger partial charge in [-0.05, 0) is 65.8 Å². The number of thioether (sulfide) groups is 1. The molecule has 0 radical (unpaired) electrons. The van der Waals surface area contributed by atoms with E-state index in [0.717, 1.165) is 42.6 Å². The van der Waals surface area contributed by atoms with Crippen LogP contribution < -0.4 is 5.32 Å². The van der Waals surface area contributed by atoms with Crippen molar-refractivity contribution in [3.63, 3.8) is 0 Å². The zero-order valence-electron chi connectivity index (χ0n) is 16.1. The van der Waals surface area contributed by atoms with Gasteiger partial charge in [0, 0.05) is 24.2 Å². The summed E-state index contributed by atoms with van der Waals surface area (Å²) < 4.78 is 6.57. The molecule has 1 aliphatic heterocycles. The number of nitrogens with zero attached hydrogens (tertiary/aromatic N) is 1. The lowest BCUT2D eigenvalue weighted by molar-refractivity contribution is -0.137. The van der Waals surface area contributed by atoms with Crippen LogP contribution in [0.2, 0.25) is 0 Å². The van der Waals surface area contributed by atoms with Crippen molar-refractivity contribution in [2.45, 2.75) is 44.8 Å². The van der Waals surface area contributed by atoms with E-state index < -0.39 is 6.04 Å². The summed E-state index contributed by atoms with van der Waals surface area (Å²) in [5.41, 5.74) is 0.544. The number of ether oxygens (including phenoxy) is 1. The molecule has 0 aromatic heterocycles. The van der Waals surface area contributed by atoms with Crippen molar-refractivity contribution < 1.29 is 14.3 Å². The predicted octanol–water partition coefficient (Wildman–Crippen LogP) is 3.72. The van der Waals surface area contributed by atoms with Crippen molar-refractivity contribution in [3.8, 4) is 0 Å². The first kappa shape index (κ1) is 22.2. The molecule has 1 fully saturated rings. The fourth-order valence-corrected chi connectivity index (χ4v) is 4.09. The Balaban J connectivity index is 2.04. The minimum absolute atomic E-state index is 0.00532. The first-order valence-electron chi connectivity index (χ1n) is 9.51. The third kappa shape index (κ3) is 6.80. The van der Waals surface area contributed by atoms with Gasteiger partial charge in [-0.2, -0.15) is 11.8 Å². The molecule has 1 aromatic rings. The van der Waals surface area contributed by atoms with Gasteiger partial charge in [0.1, 0.15) is 6.04 Å². The van der Waals surface area contributed by atoms with E-state index >= 15 is 0 Å². The van der Waals surface area contributed by atoms with Gasteiger partial charge in [0.15, 0.2) is 0 Å². The zero-order valence-corrected chi connectivity index (χ0v) is 18.5. The first-order chi connectivity index (χ1) is 13.1. The van der Waals surface area contributed by atoms with Crippen LogP contribution in [0.3, 0.4) is 0 Å². The highest BCUT2D eigenvalue weighted by atomic mass is 79.9. The molecule has 1 aliphatic rings. The molecule has 27 heavy (non-hydrogen) atoms. The van der Waals surface area contributed by atoms with Crippen LogP contribution in [0.5, 0.6) is 0 Å². The van der Waals surface area contributed by atoms with Gasteiger partial charge in [-0.25, -0.2) is 0 Å². The molecule has 2 amide bonds. The maximum atomic E-state index is 13.1. The number of carbonyl (C=O) groups is 2. The molecule has 2 atom stereocenters. The number of benzene rings is 1. The molecule has 7 heteroatoms. The minimum Gasteiger partial charge on any atom is -0.376 e. The average molecular weight is 457 g/mol. The van der Waals surface area contributed by atoms with Crippen LogP contribution in [-0.4, -0.2) is 60.6 Å². The Morgan fingerprint density at radius 3 is 2.89 bits per heavy atom. The van der Waals surface area contributed by atoms with Crippen molar-refractivity contribution in [3.05, 3.63) is 34.3 Å². The lowest BCUT2D eigenvalue weighted by Crippen LogP contribution is -2.52. The Kier molecular flexibility index (Phi) is 9.65. The number of halogens is 1. The molecule has 0 aliphatic carbocycles. The number of likely N-dealkylation sites (tertiary alicyclic amines) is 1. The molecule has 0 bridgehead atoms. The molecule has 1 N–H and O–H groups in total. The SMILES string of the molecule is CCCOC1CCCN(C(=O)C(CCSC)NC(=O)c2ccccc2Br)C1. The van der Waals surface area contributed by atoms with E-state index in [1.165, 1.54) is 0 Å². The lowest BCUT2D eigenvalue weighted by Gasteiger charge is -2.35. The van der Waals surface area contributed by atoms with Gasteiger partial charge < -0.3 is 15.0 Å². The van der Waals surface area contributed by atoms with Crippen LogP contribution in [0.1, 0.15) is 43.0 Å². The van der Waals surface area contributed by atoms with Crippen molar-refractivity contribution >= 4 is 39.5 Å².